The van der Waals surface area contributed by atoms with Crippen LogP contribution in [-0.4, -0.2) is 21.1 Å². The third-order valence-corrected chi connectivity index (χ3v) is 2.96. The summed E-state index contributed by atoms with van der Waals surface area (Å²) in [5.41, 5.74) is 6.29. The molecule has 0 aliphatic rings. The van der Waals surface area contributed by atoms with Crippen LogP contribution in [-0.2, 0) is 0 Å². The predicted molar refractivity (Wildman–Crippen MR) is 82.4 cm³/mol. The van der Waals surface area contributed by atoms with Crippen molar-refractivity contribution in [3.63, 3.8) is 0 Å². The number of hydrogen-bond acceptors (Lipinski definition) is 6. The zero-order valence-corrected chi connectivity index (χ0v) is 13.2. The maximum absolute atomic E-state index is 6.12. The molecular formula is C12H13BrClN5O. The van der Waals surface area contributed by atoms with Gasteiger partial charge in [-0.15, -0.1) is 0 Å². The third-order valence-electron chi connectivity index (χ3n) is 2.15. The molecule has 0 spiro atoms. The number of nitrogens with one attached hydrogen (secondary N) is 1. The zero-order chi connectivity index (χ0) is 14.7. The quantitative estimate of drug-likeness (QED) is 0.871. The fraction of sp³-hybridized carbons (Fsp3) is 0.250. The van der Waals surface area contributed by atoms with Crippen LogP contribution in [0.25, 0.3) is 0 Å². The molecule has 2 aromatic rings. The van der Waals surface area contributed by atoms with Crippen molar-refractivity contribution < 1.29 is 4.74 Å². The van der Waals surface area contributed by atoms with E-state index in [1.54, 1.807) is 12.1 Å². The van der Waals surface area contributed by atoms with Crippen LogP contribution in [0.5, 0.6) is 6.01 Å². The highest BCUT2D eigenvalue weighted by atomic mass is 79.9. The molecular weight excluding hydrogens is 346 g/mol. The average Bonchev–Trinajstić information content (AvgIpc) is 2.31. The number of nitrogens with zero attached hydrogens (tertiary/aromatic N) is 3. The maximum Gasteiger partial charge on any atom is 0.323 e. The smallest absolute Gasteiger partial charge is 0.323 e. The lowest BCUT2D eigenvalue weighted by molar-refractivity contribution is 0.222. The Morgan fingerprint density at radius 3 is 2.70 bits per heavy atom. The molecule has 2 rings (SSSR count). The highest BCUT2D eigenvalue weighted by molar-refractivity contribution is 9.10. The SMILES string of the molecule is CC(C)Oc1nc(N)nc(Nc2ccc(Br)cc2Cl)n1. The van der Waals surface area contributed by atoms with E-state index in [-0.39, 0.29) is 24.0 Å². The Morgan fingerprint density at radius 1 is 1.30 bits per heavy atom. The van der Waals surface area contributed by atoms with Crippen LogP contribution in [0.2, 0.25) is 5.02 Å². The molecule has 0 fully saturated rings. The van der Waals surface area contributed by atoms with Crippen molar-refractivity contribution >= 4 is 45.1 Å². The number of ether oxygens (including phenoxy) is 1. The second-order valence-corrected chi connectivity index (χ2v) is 5.54. The summed E-state index contributed by atoms with van der Waals surface area (Å²) in [7, 11) is 0. The van der Waals surface area contributed by atoms with Crippen LogP contribution in [0.4, 0.5) is 17.6 Å². The van der Waals surface area contributed by atoms with Crippen molar-refractivity contribution in [3.05, 3.63) is 27.7 Å². The van der Waals surface area contributed by atoms with Gasteiger partial charge in [0, 0.05) is 4.47 Å². The Morgan fingerprint density at radius 2 is 2.05 bits per heavy atom. The Kier molecular flexibility index (Phi) is 4.61. The Bertz CT molecular complexity index is 623. The summed E-state index contributed by atoms with van der Waals surface area (Å²) in [5.74, 6) is 0.351. The van der Waals surface area contributed by atoms with Gasteiger partial charge in [0.25, 0.3) is 0 Å². The first kappa shape index (κ1) is 14.8. The van der Waals surface area contributed by atoms with Gasteiger partial charge in [-0.2, -0.15) is 15.0 Å². The molecule has 1 aromatic carbocycles. The number of benzene rings is 1. The molecule has 0 atom stereocenters. The van der Waals surface area contributed by atoms with E-state index in [0.29, 0.717) is 10.7 Å². The van der Waals surface area contributed by atoms with E-state index in [0.717, 1.165) is 4.47 Å². The zero-order valence-electron chi connectivity index (χ0n) is 10.9. The molecule has 1 heterocycles. The van der Waals surface area contributed by atoms with Gasteiger partial charge in [-0.05, 0) is 32.0 Å². The average molecular weight is 359 g/mol. The topological polar surface area (TPSA) is 86.0 Å². The van der Waals surface area contributed by atoms with Gasteiger partial charge >= 0.3 is 6.01 Å². The molecule has 0 aliphatic carbocycles. The summed E-state index contributed by atoms with van der Waals surface area (Å²) in [5, 5.41) is 3.51. The summed E-state index contributed by atoms with van der Waals surface area (Å²) in [6.07, 6.45) is -0.0547. The molecule has 3 N–H and O–H groups in total. The lowest BCUT2D eigenvalue weighted by Crippen LogP contribution is -2.11. The summed E-state index contributed by atoms with van der Waals surface area (Å²) in [4.78, 5) is 12.0. The van der Waals surface area contributed by atoms with Crippen LogP contribution in [0.15, 0.2) is 22.7 Å². The number of aromatic nitrogens is 3. The summed E-state index contributed by atoms with van der Waals surface area (Å²) in [6.45, 7) is 3.75. The van der Waals surface area contributed by atoms with Gasteiger partial charge in [0.15, 0.2) is 0 Å². The lowest BCUT2D eigenvalue weighted by atomic mass is 10.3. The van der Waals surface area contributed by atoms with E-state index < -0.39 is 0 Å². The van der Waals surface area contributed by atoms with Crippen molar-refractivity contribution in [1.29, 1.82) is 0 Å². The van der Waals surface area contributed by atoms with Crippen LogP contribution < -0.4 is 15.8 Å². The standard InChI is InChI=1S/C12H13BrClN5O/c1-6(2)20-12-18-10(15)17-11(19-12)16-9-4-3-7(13)5-8(9)14/h3-6H,1-2H3,(H3,15,16,17,18,19). The van der Waals surface area contributed by atoms with Gasteiger partial charge in [-0.1, -0.05) is 27.5 Å². The minimum atomic E-state index is -0.0547. The van der Waals surface area contributed by atoms with Crippen molar-refractivity contribution in [3.8, 4) is 6.01 Å². The predicted octanol–water partition coefficient (Wildman–Crippen LogP) is 3.40. The van der Waals surface area contributed by atoms with Crippen LogP contribution in [0, 0.1) is 0 Å². The normalized spacial score (nSPS) is 10.7. The number of hydrogen-bond donors (Lipinski definition) is 2. The molecule has 106 valence electrons. The van der Waals surface area contributed by atoms with Crippen molar-refractivity contribution in [2.45, 2.75) is 20.0 Å². The molecule has 0 radical (unpaired) electrons. The van der Waals surface area contributed by atoms with E-state index >= 15 is 0 Å². The molecule has 0 bridgehead atoms. The molecule has 0 aliphatic heterocycles. The van der Waals surface area contributed by atoms with Crippen molar-refractivity contribution in [2.75, 3.05) is 11.1 Å². The molecule has 0 saturated heterocycles. The maximum atomic E-state index is 6.12. The molecule has 0 saturated carbocycles. The monoisotopic (exact) mass is 357 g/mol. The Hall–Kier alpha value is -1.60. The summed E-state index contributed by atoms with van der Waals surface area (Å²) in [6, 6.07) is 5.59. The Balaban J connectivity index is 2.26. The van der Waals surface area contributed by atoms with E-state index in [1.807, 2.05) is 19.9 Å². The Labute approximate surface area is 129 Å². The van der Waals surface area contributed by atoms with Crippen LogP contribution in [0.3, 0.4) is 0 Å². The van der Waals surface area contributed by atoms with Gasteiger partial charge in [0.2, 0.25) is 11.9 Å². The highest BCUT2D eigenvalue weighted by Gasteiger charge is 2.09. The van der Waals surface area contributed by atoms with Gasteiger partial charge in [0.05, 0.1) is 16.8 Å². The first-order valence-electron chi connectivity index (χ1n) is 5.84. The second-order valence-electron chi connectivity index (χ2n) is 4.22. The second kappa shape index (κ2) is 6.23. The van der Waals surface area contributed by atoms with E-state index in [4.69, 9.17) is 22.1 Å². The third kappa shape index (κ3) is 3.94. The van der Waals surface area contributed by atoms with Crippen LogP contribution in [0.1, 0.15) is 13.8 Å². The van der Waals surface area contributed by atoms with Gasteiger partial charge < -0.3 is 15.8 Å². The molecule has 20 heavy (non-hydrogen) atoms. The first-order chi connectivity index (χ1) is 9.44. The van der Waals surface area contributed by atoms with Crippen molar-refractivity contribution in [1.82, 2.24) is 15.0 Å². The number of nitrogens with two attached hydrogens (primary N) is 1. The fourth-order valence-electron chi connectivity index (χ4n) is 1.40. The molecule has 6 nitrogen and oxygen atoms in total. The number of rotatable bonds is 4. The number of nitrogen functional groups attached to an aromatic ring is 1. The van der Waals surface area contributed by atoms with E-state index in [2.05, 4.69) is 36.2 Å². The highest BCUT2D eigenvalue weighted by Crippen LogP contribution is 2.27. The molecule has 0 amide bonds. The minimum Gasteiger partial charge on any atom is -0.461 e. The molecule has 1 aromatic heterocycles. The first-order valence-corrected chi connectivity index (χ1v) is 7.01. The lowest BCUT2D eigenvalue weighted by Gasteiger charge is -2.11. The largest absolute Gasteiger partial charge is 0.461 e. The molecule has 8 heteroatoms. The number of halogens is 2. The van der Waals surface area contributed by atoms with Gasteiger partial charge in [-0.25, -0.2) is 0 Å². The molecule has 0 unspecified atom stereocenters. The summed E-state index contributed by atoms with van der Waals surface area (Å²) >= 11 is 9.46. The van der Waals surface area contributed by atoms with Crippen LogP contribution >= 0.6 is 27.5 Å². The van der Waals surface area contributed by atoms with Gasteiger partial charge in [-0.3, -0.25) is 0 Å². The minimum absolute atomic E-state index is 0.0547. The fourth-order valence-corrected chi connectivity index (χ4v) is 2.12. The van der Waals surface area contributed by atoms with Crippen molar-refractivity contribution in [2.24, 2.45) is 0 Å². The van der Waals surface area contributed by atoms with Gasteiger partial charge in [0.1, 0.15) is 0 Å². The van der Waals surface area contributed by atoms with E-state index in [1.165, 1.54) is 0 Å². The number of anilines is 3. The van der Waals surface area contributed by atoms with E-state index in [9.17, 15) is 0 Å². The summed E-state index contributed by atoms with van der Waals surface area (Å²) < 4.78 is 6.28.